The number of rotatable bonds is 2. The van der Waals surface area contributed by atoms with Crippen LogP contribution in [0.5, 0.6) is 0 Å². The predicted octanol–water partition coefficient (Wildman–Crippen LogP) is 2.96. The van der Waals surface area contributed by atoms with Gasteiger partial charge in [-0.1, -0.05) is 11.6 Å². The van der Waals surface area contributed by atoms with Crippen molar-refractivity contribution in [1.82, 2.24) is 5.32 Å². The summed E-state index contributed by atoms with van der Waals surface area (Å²) in [6.45, 7) is -0.389. The van der Waals surface area contributed by atoms with Gasteiger partial charge in [-0.2, -0.15) is 13.2 Å². The fourth-order valence-electron chi connectivity index (χ4n) is 2.08. The number of hydrogen-bond acceptors (Lipinski definition) is 2. The zero-order valence-corrected chi connectivity index (χ0v) is 10.9. The molecule has 0 aromatic heterocycles. The fraction of sp³-hybridized carbons (Fsp3) is 0.417. The Morgan fingerprint density at radius 3 is 2.60 bits per heavy atom. The van der Waals surface area contributed by atoms with E-state index in [9.17, 15) is 22.4 Å². The molecule has 1 atom stereocenters. The second kappa shape index (κ2) is 5.21. The van der Waals surface area contributed by atoms with Gasteiger partial charge >= 0.3 is 6.18 Å². The van der Waals surface area contributed by atoms with Crippen molar-refractivity contribution in [2.75, 3.05) is 18.4 Å². The van der Waals surface area contributed by atoms with E-state index < -0.39 is 29.9 Å². The Hall–Kier alpha value is -1.34. The first-order chi connectivity index (χ1) is 9.26. The molecule has 110 valence electrons. The molecule has 1 aliphatic heterocycles. The summed E-state index contributed by atoms with van der Waals surface area (Å²) >= 11 is 5.47. The van der Waals surface area contributed by atoms with E-state index in [1.807, 2.05) is 0 Å². The smallest absolute Gasteiger partial charge is 0.325 e. The van der Waals surface area contributed by atoms with Gasteiger partial charge in [-0.3, -0.25) is 4.79 Å². The Morgan fingerprint density at radius 1 is 1.40 bits per heavy atom. The maximum absolute atomic E-state index is 13.2. The van der Waals surface area contributed by atoms with Crippen LogP contribution < -0.4 is 10.6 Å². The van der Waals surface area contributed by atoms with Crippen molar-refractivity contribution in [1.29, 1.82) is 0 Å². The molecule has 1 saturated heterocycles. The highest BCUT2D eigenvalue weighted by Crippen LogP contribution is 2.43. The van der Waals surface area contributed by atoms with E-state index in [1.54, 1.807) is 0 Å². The van der Waals surface area contributed by atoms with Crippen LogP contribution >= 0.6 is 11.6 Å². The molecule has 2 N–H and O–H groups in total. The van der Waals surface area contributed by atoms with E-state index in [0.717, 1.165) is 6.07 Å². The topological polar surface area (TPSA) is 41.1 Å². The third kappa shape index (κ3) is 2.60. The summed E-state index contributed by atoms with van der Waals surface area (Å²) < 4.78 is 52.6. The van der Waals surface area contributed by atoms with Crippen molar-refractivity contribution in [2.45, 2.75) is 12.6 Å². The van der Waals surface area contributed by atoms with Gasteiger partial charge in [0.2, 0.25) is 5.91 Å². The third-order valence-corrected chi connectivity index (χ3v) is 3.62. The lowest BCUT2D eigenvalue weighted by Gasteiger charge is -2.29. The molecule has 8 heteroatoms. The molecule has 20 heavy (non-hydrogen) atoms. The molecule has 3 nitrogen and oxygen atoms in total. The van der Waals surface area contributed by atoms with Gasteiger partial charge in [-0.15, -0.1) is 0 Å². The minimum absolute atomic E-state index is 0.0626. The molecule has 1 aromatic rings. The van der Waals surface area contributed by atoms with Crippen molar-refractivity contribution in [3.63, 3.8) is 0 Å². The van der Waals surface area contributed by atoms with Crippen molar-refractivity contribution in [3.05, 3.63) is 29.0 Å². The van der Waals surface area contributed by atoms with E-state index in [-0.39, 0.29) is 23.7 Å². The SMILES string of the molecule is O=C(Nc1ccc(Cl)c(F)c1)C1(C(F)(F)F)CCNC1. The average molecular weight is 311 g/mol. The van der Waals surface area contributed by atoms with Gasteiger partial charge < -0.3 is 10.6 Å². The van der Waals surface area contributed by atoms with Crippen LogP contribution in [0.1, 0.15) is 6.42 Å². The van der Waals surface area contributed by atoms with Crippen LogP contribution in [0.25, 0.3) is 0 Å². The Morgan fingerprint density at radius 2 is 2.10 bits per heavy atom. The molecule has 0 spiro atoms. The van der Waals surface area contributed by atoms with Crippen molar-refractivity contribution in [2.24, 2.45) is 5.41 Å². The number of benzene rings is 1. The number of halogens is 5. The lowest BCUT2D eigenvalue weighted by Crippen LogP contribution is -2.49. The van der Waals surface area contributed by atoms with Crippen LogP contribution in [-0.4, -0.2) is 25.2 Å². The largest absolute Gasteiger partial charge is 0.404 e. The summed E-state index contributed by atoms with van der Waals surface area (Å²) in [5.41, 5.74) is -2.55. The first-order valence-electron chi connectivity index (χ1n) is 5.80. The van der Waals surface area contributed by atoms with Gasteiger partial charge in [-0.05, 0) is 31.2 Å². The molecule has 1 heterocycles. The average Bonchev–Trinajstić information content (AvgIpc) is 2.84. The minimum atomic E-state index is -4.68. The molecule has 1 fully saturated rings. The molecule has 0 radical (unpaired) electrons. The molecule has 0 saturated carbocycles. The van der Waals surface area contributed by atoms with Gasteiger partial charge in [0, 0.05) is 12.2 Å². The molecule has 0 aliphatic carbocycles. The first kappa shape index (κ1) is 15.1. The van der Waals surface area contributed by atoms with Gasteiger partial charge in [0.15, 0.2) is 5.41 Å². The van der Waals surface area contributed by atoms with Crippen LogP contribution in [0.2, 0.25) is 5.02 Å². The maximum Gasteiger partial charge on any atom is 0.404 e. The van der Waals surface area contributed by atoms with Crippen LogP contribution in [0, 0.1) is 11.2 Å². The Balaban J connectivity index is 2.23. The second-order valence-corrected chi connectivity index (χ2v) is 5.00. The quantitative estimate of drug-likeness (QED) is 0.825. The Bertz CT molecular complexity index is 527. The zero-order valence-electron chi connectivity index (χ0n) is 10.2. The number of anilines is 1. The highest BCUT2D eigenvalue weighted by atomic mass is 35.5. The maximum atomic E-state index is 13.2. The van der Waals surface area contributed by atoms with Crippen molar-refractivity contribution in [3.8, 4) is 0 Å². The second-order valence-electron chi connectivity index (χ2n) is 4.59. The van der Waals surface area contributed by atoms with E-state index in [0.29, 0.717) is 0 Å². The van der Waals surface area contributed by atoms with Crippen LogP contribution in [0.4, 0.5) is 23.2 Å². The number of amides is 1. The molecule has 0 bridgehead atoms. The molecule has 1 aliphatic rings. The third-order valence-electron chi connectivity index (χ3n) is 3.31. The fourth-order valence-corrected chi connectivity index (χ4v) is 2.20. The molecule has 1 aromatic carbocycles. The van der Waals surface area contributed by atoms with E-state index >= 15 is 0 Å². The van der Waals surface area contributed by atoms with E-state index in [4.69, 9.17) is 11.6 Å². The molecular weight excluding hydrogens is 300 g/mol. The summed E-state index contributed by atoms with van der Waals surface area (Å²) in [6, 6.07) is 3.29. The lowest BCUT2D eigenvalue weighted by molar-refractivity contribution is -0.213. The Labute approximate surface area is 117 Å². The van der Waals surface area contributed by atoms with E-state index in [1.165, 1.54) is 12.1 Å². The van der Waals surface area contributed by atoms with Crippen molar-refractivity contribution >= 4 is 23.2 Å². The van der Waals surface area contributed by atoms with Gasteiger partial charge in [0.1, 0.15) is 5.82 Å². The predicted molar refractivity (Wildman–Crippen MR) is 66.0 cm³/mol. The van der Waals surface area contributed by atoms with Crippen LogP contribution in [0.3, 0.4) is 0 Å². The number of carbonyl (C=O) groups excluding carboxylic acids is 1. The molecule has 2 rings (SSSR count). The highest BCUT2D eigenvalue weighted by Gasteiger charge is 2.61. The zero-order chi connectivity index (χ0) is 15.0. The lowest BCUT2D eigenvalue weighted by atomic mass is 9.85. The Kier molecular flexibility index (Phi) is 3.93. The summed E-state index contributed by atoms with van der Waals surface area (Å²) in [5.74, 6) is -2.01. The normalized spacial score (nSPS) is 22.9. The minimum Gasteiger partial charge on any atom is -0.325 e. The molecule has 1 unspecified atom stereocenters. The number of nitrogens with one attached hydrogen (secondary N) is 2. The number of hydrogen-bond donors (Lipinski definition) is 2. The summed E-state index contributed by atoms with van der Waals surface area (Å²) in [5, 5.41) is 4.46. The highest BCUT2D eigenvalue weighted by molar-refractivity contribution is 6.30. The van der Waals surface area contributed by atoms with Crippen LogP contribution in [0.15, 0.2) is 18.2 Å². The van der Waals surface area contributed by atoms with Crippen LogP contribution in [-0.2, 0) is 4.79 Å². The molecule has 1 amide bonds. The molecular formula is C12H11ClF4N2O. The van der Waals surface area contributed by atoms with Crippen molar-refractivity contribution < 1.29 is 22.4 Å². The monoisotopic (exact) mass is 310 g/mol. The first-order valence-corrected chi connectivity index (χ1v) is 6.18. The standard InChI is InChI=1S/C12H11ClF4N2O/c13-8-2-1-7(5-9(8)14)19-10(20)11(12(15,16)17)3-4-18-6-11/h1-2,5,18H,3-4,6H2,(H,19,20). The van der Waals surface area contributed by atoms with Gasteiger partial charge in [0.25, 0.3) is 0 Å². The number of alkyl halides is 3. The van der Waals surface area contributed by atoms with Gasteiger partial charge in [0.05, 0.1) is 5.02 Å². The van der Waals surface area contributed by atoms with E-state index in [2.05, 4.69) is 10.6 Å². The summed E-state index contributed by atoms with van der Waals surface area (Å²) in [4.78, 5) is 12.0. The number of carbonyl (C=O) groups is 1. The van der Waals surface area contributed by atoms with Gasteiger partial charge in [-0.25, -0.2) is 4.39 Å². The summed E-state index contributed by atoms with van der Waals surface area (Å²) in [6.07, 6.45) is -5.02. The summed E-state index contributed by atoms with van der Waals surface area (Å²) in [7, 11) is 0.